The molecule has 0 fully saturated rings. The summed E-state index contributed by atoms with van der Waals surface area (Å²) in [6.07, 6.45) is 3.47. The molecular formula is C14H18N2OS. The second kappa shape index (κ2) is 6.52. The Labute approximate surface area is 112 Å². The maximum absolute atomic E-state index is 5.58. The van der Waals surface area contributed by atoms with Gasteiger partial charge in [-0.25, -0.2) is 0 Å². The van der Waals surface area contributed by atoms with Crippen LogP contribution >= 0.6 is 11.3 Å². The zero-order valence-electron chi connectivity index (χ0n) is 10.7. The van der Waals surface area contributed by atoms with E-state index in [-0.39, 0.29) is 0 Å². The highest BCUT2D eigenvalue weighted by Gasteiger charge is 2.06. The fraction of sp³-hybridized carbons (Fsp3) is 0.357. The van der Waals surface area contributed by atoms with Gasteiger partial charge < -0.3 is 10.1 Å². The number of aryl methyl sites for hydroxylation is 1. The quantitative estimate of drug-likeness (QED) is 0.812. The van der Waals surface area contributed by atoms with Crippen molar-refractivity contribution in [1.82, 2.24) is 10.3 Å². The zero-order valence-corrected chi connectivity index (χ0v) is 11.5. The minimum absolute atomic E-state index is 0.376. The number of nitrogens with one attached hydrogen (secondary N) is 1. The molecule has 2 aromatic heterocycles. The monoisotopic (exact) mass is 262 g/mol. The maximum atomic E-state index is 5.58. The Balaban J connectivity index is 1.69. The van der Waals surface area contributed by atoms with E-state index >= 15 is 0 Å². The van der Waals surface area contributed by atoms with Gasteiger partial charge in [0.1, 0.15) is 12.4 Å². The topological polar surface area (TPSA) is 34.1 Å². The van der Waals surface area contributed by atoms with Gasteiger partial charge in [0, 0.05) is 28.5 Å². The van der Waals surface area contributed by atoms with Gasteiger partial charge in [0.2, 0.25) is 0 Å². The largest absolute Gasteiger partial charge is 0.491 e. The average molecular weight is 262 g/mol. The van der Waals surface area contributed by atoms with Crippen LogP contribution in [0, 0.1) is 6.92 Å². The van der Waals surface area contributed by atoms with Crippen LogP contribution in [0.25, 0.3) is 0 Å². The number of hydrogen-bond donors (Lipinski definition) is 1. The van der Waals surface area contributed by atoms with E-state index in [1.54, 1.807) is 12.4 Å². The van der Waals surface area contributed by atoms with Gasteiger partial charge in [-0.15, -0.1) is 11.3 Å². The van der Waals surface area contributed by atoms with E-state index in [2.05, 4.69) is 36.3 Å². The molecule has 0 aliphatic rings. The van der Waals surface area contributed by atoms with Gasteiger partial charge in [0.25, 0.3) is 0 Å². The Bertz CT molecular complexity index is 470. The first-order valence-corrected chi connectivity index (χ1v) is 6.90. The van der Waals surface area contributed by atoms with Gasteiger partial charge in [0.15, 0.2) is 0 Å². The predicted octanol–water partition coefficient (Wildman–Crippen LogP) is 3.18. The van der Waals surface area contributed by atoms with Gasteiger partial charge in [-0.3, -0.25) is 4.98 Å². The summed E-state index contributed by atoms with van der Waals surface area (Å²) in [6, 6.07) is 8.50. The number of hydrogen-bond acceptors (Lipinski definition) is 4. The van der Waals surface area contributed by atoms with Crippen LogP contribution in [0.5, 0.6) is 5.75 Å². The van der Waals surface area contributed by atoms with E-state index < -0.39 is 0 Å². The molecule has 0 saturated heterocycles. The van der Waals surface area contributed by atoms with E-state index in [1.807, 2.05) is 23.5 Å². The molecule has 0 spiro atoms. The lowest BCUT2D eigenvalue weighted by atomic mass is 10.3. The van der Waals surface area contributed by atoms with E-state index in [9.17, 15) is 0 Å². The number of aromatic nitrogens is 1. The minimum Gasteiger partial charge on any atom is -0.491 e. The molecule has 18 heavy (non-hydrogen) atoms. The van der Waals surface area contributed by atoms with Crippen LogP contribution in [0.1, 0.15) is 22.7 Å². The lowest BCUT2D eigenvalue weighted by Gasteiger charge is -2.12. The van der Waals surface area contributed by atoms with Crippen LogP contribution in [0.15, 0.2) is 36.7 Å². The third-order valence-corrected chi connectivity index (χ3v) is 3.83. The highest BCUT2D eigenvalue weighted by atomic mass is 32.1. The van der Waals surface area contributed by atoms with Crippen molar-refractivity contribution in [3.05, 3.63) is 46.4 Å². The van der Waals surface area contributed by atoms with Gasteiger partial charge in [-0.1, -0.05) is 0 Å². The molecule has 4 heteroatoms. The number of rotatable bonds is 6. The molecule has 1 atom stereocenters. The Morgan fingerprint density at radius 2 is 2.28 bits per heavy atom. The van der Waals surface area contributed by atoms with Crippen molar-refractivity contribution in [2.45, 2.75) is 19.9 Å². The summed E-state index contributed by atoms with van der Waals surface area (Å²) < 4.78 is 5.58. The molecule has 1 N–H and O–H groups in total. The Morgan fingerprint density at radius 1 is 1.39 bits per heavy atom. The summed E-state index contributed by atoms with van der Waals surface area (Å²) in [5.41, 5.74) is 0. The van der Waals surface area contributed by atoms with Gasteiger partial charge in [-0.2, -0.15) is 0 Å². The fourth-order valence-corrected chi connectivity index (χ4v) is 2.57. The Morgan fingerprint density at radius 3 is 2.94 bits per heavy atom. The summed E-state index contributed by atoms with van der Waals surface area (Å²) >= 11 is 1.84. The summed E-state index contributed by atoms with van der Waals surface area (Å²) in [5, 5.41) is 3.45. The zero-order chi connectivity index (χ0) is 12.8. The minimum atomic E-state index is 0.376. The molecule has 0 amide bonds. The van der Waals surface area contributed by atoms with Crippen molar-refractivity contribution >= 4 is 11.3 Å². The molecule has 0 radical (unpaired) electrons. The lowest BCUT2D eigenvalue weighted by Crippen LogP contribution is -2.23. The average Bonchev–Trinajstić information content (AvgIpc) is 2.82. The van der Waals surface area contributed by atoms with Crippen LogP contribution in [-0.2, 0) is 0 Å². The molecule has 2 rings (SSSR count). The SMILES string of the molecule is Cc1ccc([C@@H](C)NCCOc2cccnc2)s1. The molecule has 0 bridgehead atoms. The fourth-order valence-electron chi connectivity index (χ4n) is 1.66. The van der Waals surface area contributed by atoms with Gasteiger partial charge in [0.05, 0.1) is 6.20 Å². The van der Waals surface area contributed by atoms with Crippen LogP contribution in [-0.4, -0.2) is 18.1 Å². The number of thiophene rings is 1. The van der Waals surface area contributed by atoms with Gasteiger partial charge in [-0.05, 0) is 38.1 Å². The van der Waals surface area contributed by atoms with E-state index in [1.165, 1.54) is 9.75 Å². The van der Waals surface area contributed by atoms with Crippen LogP contribution in [0.4, 0.5) is 0 Å². The van der Waals surface area contributed by atoms with Crippen molar-refractivity contribution in [3.63, 3.8) is 0 Å². The first kappa shape index (κ1) is 13.1. The van der Waals surface area contributed by atoms with Crippen molar-refractivity contribution < 1.29 is 4.74 Å². The second-order valence-electron chi connectivity index (χ2n) is 4.16. The smallest absolute Gasteiger partial charge is 0.137 e. The highest BCUT2D eigenvalue weighted by Crippen LogP contribution is 2.21. The van der Waals surface area contributed by atoms with Crippen molar-refractivity contribution in [1.29, 1.82) is 0 Å². The summed E-state index contributed by atoms with van der Waals surface area (Å²) in [4.78, 5) is 6.73. The molecule has 0 saturated carbocycles. The predicted molar refractivity (Wildman–Crippen MR) is 75.2 cm³/mol. The molecule has 96 valence electrons. The normalized spacial score (nSPS) is 12.3. The summed E-state index contributed by atoms with van der Waals surface area (Å²) in [5.74, 6) is 0.818. The highest BCUT2D eigenvalue weighted by molar-refractivity contribution is 7.12. The van der Waals surface area contributed by atoms with Crippen molar-refractivity contribution in [3.8, 4) is 5.75 Å². The third kappa shape index (κ3) is 3.82. The molecule has 2 heterocycles. The Hall–Kier alpha value is -1.39. The molecular weight excluding hydrogens is 244 g/mol. The molecule has 0 aliphatic carbocycles. The third-order valence-electron chi connectivity index (χ3n) is 2.64. The molecule has 0 unspecified atom stereocenters. The lowest BCUT2D eigenvalue weighted by molar-refractivity contribution is 0.307. The van der Waals surface area contributed by atoms with E-state index in [0.29, 0.717) is 12.6 Å². The van der Waals surface area contributed by atoms with Crippen molar-refractivity contribution in [2.75, 3.05) is 13.2 Å². The van der Waals surface area contributed by atoms with Crippen LogP contribution < -0.4 is 10.1 Å². The maximum Gasteiger partial charge on any atom is 0.137 e. The van der Waals surface area contributed by atoms with E-state index in [4.69, 9.17) is 4.74 Å². The molecule has 3 nitrogen and oxygen atoms in total. The number of pyridine rings is 1. The second-order valence-corrected chi connectivity index (χ2v) is 5.48. The number of nitrogens with zero attached hydrogens (tertiary/aromatic N) is 1. The van der Waals surface area contributed by atoms with Crippen LogP contribution in [0.3, 0.4) is 0 Å². The van der Waals surface area contributed by atoms with Gasteiger partial charge >= 0.3 is 0 Å². The first-order valence-electron chi connectivity index (χ1n) is 6.08. The molecule has 0 aliphatic heterocycles. The van der Waals surface area contributed by atoms with E-state index in [0.717, 1.165) is 12.3 Å². The molecule has 0 aromatic carbocycles. The van der Waals surface area contributed by atoms with Crippen molar-refractivity contribution in [2.24, 2.45) is 0 Å². The number of ether oxygens (including phenoxy) is 1. The molecule has 2 aromatic rings. The summed E-state index contributed by atoms with van der Waals surface area (Å²) in [6.45, 7) is 5.79. The first-order chi connectivity index (χ1) is 8.75. The standard InChI is InChI=1S/C14H18N2OS/c1-11-5-6-14(18-11)12(2)16-8-9-17-13-4-3-7-15-10-13/h3-7,10,12,16H,8-9H2,1-2H3/t12-/m1/s1. The Kier molecular flexibility index (Phi) is 4.73. The summed E-state index contributed by atoms with van der Waals surface area (Å²) in [7, 11) is 0. The van der Waals surface area contributed by atoms with Crippen LogP contribution in [0.2, 0.25) is 0 Å².